The van der Waals surface area contributed by atoms with Crippen LogP contribution in [0.1, 0.15) is 200 Å². The second-order valence-corrected chi connectivity index (χ2v) is 44.3. The van der Waals surface area contributed by atoms with Gasteiger partial charge in [-0.3, -0.25) is 19.9 Å². The van der Waals surface area contributed by atoms with Gasteiger partial charge in [0.2, 0.25) is 0 Å². The van der Waals surface area contributed by atoms with Gasteiger partial charge in [0, 0.05) is 111 Å². The summed E-state index contributed by atoms with van der Waals surface area (Å²) in [7, 11) is 0. The zero-order valence-electron chi connectivity index (χ0n) is 89.8. The summed E-state index contributed by atoms with van der Waals surface area (Å²) in [5, 5.41) is 86.9. The first-order valence-electron chi connectivity index (χ1n) is 49.4. The third-order valence-electron chi connectivity index (χ3n) is 25.2. The van der Waals surface area contributed by atoms with Gasteiger partial charge < -0.3 is 40.9 Å². The minimum atomic E-state index is -0.443. The Morgan fingerprint density at radius 3 is 0.932 bits per heavy atom. The molecule has 0 aliphatic rings. The molecule has 20 heteroatoms. The van der Waals surface area contributed by atoms with Crippen LogP contribution in [-0.2, 0) is 80.4 Å². The van der Waals surface area contributed by atoms with Crippen LogP contribution in [0.25, 0.3) is 133 Å². The van der Waals surface area contributed by atoms with Crippen molar-refractivity contribution in [2.24, 2.45) is 44.3 Å². The maximum atomic E-state index is 9.76. The van der Waals surface area contributed by atoms with Crippen LogP contribution in [0.2, 0.25) is 0 Å². The van der Waals surface area contributed by atoms with Crippen molar-refractivity contribution in [3.8, 4) is 90.1 Å². The summed E-state index contributed by atoms with van der Waals surface area (Å²) in [5.41, 5.74) is 19.7. The fourth-order valence-electron chi connectivity index (χ4n) is 14.7. The molecule has 16 rings (SSSR count). The first-order chi connectivity index (χ1) is 66.8. The molecule has 0 amide bonds. The third-order valence-corrected chi connectivity index (χ3v) is 25.2. The maximum absolute atomic E-state index is 9.76. The minimum absolute atomic E-state index is 0. The Morgan fingerprint density at radius 2 is 0.541 bits per heavy atom. The second kappa shape index (κ2) is 58.5. The molecule has 0 fully saturated rings. The van der Waals surface area contributed by atoms with Crippen LogP contribution >= 0.6 is 0 Å². The summed E-state index contributed by atoms with van der Waals surface area (Å²) in [5.74, 6) is 0.479. The number of aryl methyl sites for hydroxylation is 4. The van der Waals surface area contributed by atoms with E-state index in [0.717, 1.165) is 95.4 Å². The first kappa shape index (κ1) is 127. The van der Waals surface area contributed by atoms with E-state index in [1.807, 2.05) is 243 Å². The summed E-state index contributed by atoms with van der Waals surface area (Å²) in [6.45, 7) is 51.8. The molecule has 0 saturated heterocycles. The Balaban J connectivity index is 0.000000298. The van der Waals surface area contributed by atoms with E-state index in [0.29, 0.717) is 25.7 Å². The molecule has 8 unspecified atom stereocenters. The van der Waals surface area contributed by atoms with Crippen molar-refractivity contribution in [2.75, 3.05) is 0 Å². The summed E-state index contributed by atoms with van der Waals surface area (Å²) in [6.07, 6.45) is 4.95. The summed E-state index contributed by atoms with van der Waals surface area (Å²) in [6, 6.07) is 104. The number of nitrogens with zero attached hydrogens (tertiary/aromatic N) is 8. The largest absolute Gasteiger partial charge is 0.393 e. The van der Waals surface area contributed by atoms with E-state index >= 15 is 0 Å². The number of rotatable bonds is 18. The summed E-state index contributed by atoms with van der Waals surface area (Å²) >= 11 is 0. The molecule has 16 aromatic rings. The van der Waals surface area contributed by atoms with Crippen molar-refractivity contribution in [1.29, 1.82) is 0 Å². The number of fused-ring (bicyclic) bond motifs is 4. The topological polar surface area (TPSA) is 265 Å². The van der Waals surface area contributed by atoms with Gasteiger partial charge in [0.15, 0.2) is 0 Å². The van der Waals surface area contributed by atoms with E-state index in [9.17, 15) is 40.9 Å². The van der Waals surface area contributed by atoms with Crippen LogP contribution in [0.3, 0.4) is 0 Å². The SMILES string of the molecule is CC(C)(C)C(O)CC(O)C(C)(C)C.CC(C)(C)C(O)CC(O)C(C)(C)C.CC(C)(C)C(O)CC(O)C(C)(C)C.CC(C)C(O)CC(O)C(C)C.Cc1cc[c-]c(-c2cc(-c3cccc(C)c3)ncn2)c1.Cc1cc[c-]c(-c2cc(-c3cccc(C)c3)ncn2)c1.[Ir].[Ir].[Ir].[Ir].[c-]1cc2ccccc2cc1-c1cc(-c2ccc3ccccc3c2)ncn1.[c-]1ccc2ccccc2c1-c1cc(-c2cccc3ccccc23)ncn1. The fraction of sp³-hybridized carbons (Fsp3) is 0.365. The van der Waals surface area contributed by atoms with Gasteiger partial charge in [-0.1, -0.05) is 376 Å². The van der Waals surface area contributed by atoms with Crippen LogP contribution in [0, 0.1) is 96.3 Å². The average molecular weight is 2680 g/mol. The van der Waals surface area contributed by atoms with Crippen molar-refractivity contribution in [1.82, 2.24) is 39.9 Å². The molecular formula is C126H152Ir4N8O8-4. The molecule has 0 aliphatic carbocycles. The molecule has 8 N–H and O–H groups in total. The molecule has 0 aliphatic heterocycles. The normalized spacial score (nSPS) is 13.1. The number of aromatic nitrogens is 8. The first-order valence-corrected chi connectivity index (χ1v) is 49.4. The predicted octanol–water partition coefficient (Wildman–Crippen LogP) is 28.3. The van der Waals surface area contributed by atoms with E-state index in [2.05, 4.69) is 268 Å². The summed E-state index contributed by atoms with van der Waals surface area (Å²) in [4.78, 5) is 35.5. The molecule has 4 aromatic heterocycles. The number of aliphatic hydroxyl groups is 8. The third kappa shape index (κ3) is 40.0. The Morgan fingerprint density at radius 1 is 0.240 bits per heavy atom. The molecule has 784 valence electrons. The van der Waals surface area contributed by atoms with Gasteiger partial charge in [-0.05, 0) is 138 Å². The van der Waals surface area contributed by atoms with Gasteiger partial charge in [-0.2, -0.15) is 0 Å². The van der Waals surface area contributed by atoms with Crippen molar-refractivity contribution in [3.63, 3.8) is 0 Å². The van der Waals surface area contributed by atoms with E-state index in [1.54, 1.807) is 25.3 Å². The fourth-order valence-corrected chi connectivity index (χ4v) is 14.7. The molecule has 0 bridgehead atoms. The van der Waals surface area contributed by atoms with Crippen LogP contribution in [-0.4, -0.2) is 130 Å². The number of hydrogen-bond acceptors (Lipinski definition) is 16. The van der Waals surface area contributed by atoms with Crippen molar-refractivity contribution in [2.45, 2.75) is 255 Å². The Hall–Kier alpha value is -9.72. The second-order valence-electron chi connectivity index (χ2n) is 44.3. The Bertz CT molecular complexity index is 6070. The minimum Gasteiger partial charge on any atom is -0.393 e. The van der Waals surface area contributed by atoms with Gasteiger partial charge in [0.05, 0.1) is 71.6 Å². The smallest absolute Gasteiger partial charge is 0.106 e. The number of hydrogen-bond donors (Lipinski definition) is 8. The van der Waals surface area contributed by atoms with E-state index in [4.69, 9.17) is 0 Å². The molecule has 0 spiro atoms. The monoisotopic (exact) mass is 2680 g/mol. The van der Waals surface area contributed by atoms with Crippen LogP contribution in [0.5, 0.6) is 0 Å². The predicted molar refractivity (Wildman–Crippen MR) is 589 cm³/mol. The van der Waals surface area contributed by atoms with Crippen LogP contribution in [0.15, 0.2) is 292 Å². The van der Waals surface area contributed by atoms with E-state index < -0.39 is 36.6 Å². The van der Waals surface area contributed by atoms with Crippen molar-refractivity contribution < 1.29 is 121 Å². The number of aliphatic hydroxyl groups excluding tert-OH is 8. The molecule has 12 aromatic carbocycles. The van der Waals surface area contributed by atoms with Gasteiger partial charge >= 0.3 is 0 Å². The molecular weight excluding hydrogens is 2520 g/mol. The average Bonchev–Trinajstić information content (AvgIpc) is 0.788. The molecule has 16 nitrogen and oxygen atoms in total. The molecule has 146 heavy (non-hydrogen) atoms. The van der Waals surface area contributed by atoms with Gasteiger partial charge in [0.1, 0.15) is 25.3 Å². The quantitative estimate of drug-likeness (QED) is 0.0371. The summed E-state index contributed by atoms with van der Waals surface area (Å²) < 4.78 is 0. The van der Waals surface area contributed by atoms with Crippen molar-refractivity contribution >= 4 is 43.1 Å². The van der Waals surface area contributed by atoms with Crippen LogP contribution in [0.4, 0.5) is 0 Å². The van der Waals surface area contributed by atoms with Crippen molar-refractivity contribution in [3.05, 3.63) is 339 Å². The zero-order chi connectivity index (χ0) is 104. The van der Waals surface area contributed by atoms with E-state index in [-0.39, 0.29) is 137 Å². The maximum Gasteiger partial charge on any atom is 0.106 e. The zero-order valence-corrected chi connectivity index (χ0v) is 99.4. The molecule has 8 atom stereocenters. The van der Waals surface area contributed by atoms with Gasteiger partial charge in [-0.15, -0.1) is 129 Å². The Kier molecular flexibility index (Phi) is 50.7. The standard InChI is InChI=1S/2C24H15N2.2C18H15N2.3C11H24O2.C9H20O2.4Ir/c1-3-11-19-17(7-1)9-5-13-21(19)23-15-24(26-16-25-23)22-14-6-10-18-8-2-4-12-20(18)22;1-3-7-19-13-21(11-9-17(19)5-1)23-15-24(26-16-25-23)22-12-10-18-6-2-4-8-20(18)14-22;2*1-13-5-3-7-15(9-13)17-11-18(20-12-19-17)16-8-4-6-14(2)10-16;3*1-10(2,3)8(12)7-9(13)11(4,5)6;1-6(2)8(10)5-9(11)7(3)4;;;;/h1-13,15-16H;1-11,13-16H;2*3-7,9-12H,1-2H3;3*8-9,12-13H,7H2,1-6H3;6-11H,5H2,1-4H3;;;;/q4*-1;;;;;;;;. The van der Waals surface area contributed by atoms with Crippen LogP contribution < -0.4 is 0 Å². The van der Waals surface area contributed by atoms with Gasteiger partial charge in [0.25, 0.3) is 0 Å². The number of benzene rings is 12. The van der Waals surface area contributed by atoms with E-state index in [1.165, 1.54) is 60.0 Å². The molecule has 4 radical (unpaired) electrons. The molecule has 0 saturated carbocycles. The molecule has 4 heterocycles. The Labute approximate surface area is 924 Å². The van der Waals surface area contributed by atoms with Gasteiger partial charge in [-0.25, -0.2) is 19.9 Å².